The monoisotopic (exact) mass is 262 g/mol. The third-order valence-electron chi connectivity index (χ3n) is 3.71. The van der Waals surface area contributed by atoms with Crippen molar-refractivity contribution in [3.8, 4) is 5.75 Å². The molecule has 0 N–H and O–H groups in total. The van der Waals surface area contributed by atoms with Crippen LogP contribution >= 0.6 is 0 Å². The zero-order valence-corrected chi connectivity index (χ0v) is 12.4. The van der Waals surface area contributed by atoms with Gasteiger partial charge in [-0.1, -0.05) is 32.4 Å². The Kier molecular flexibility index (Phi) is 7.24. The summed E-state index contributed by atoms with van der Waals surface area (Å²) in [5.74, 6) is 1.57. The van der Waals surface area contributed by atoms with E-state index in [9.17, 15) is 4.79 Å². The number of carbonyl (C=O) groups is 1. The second-order valence-corrected chi connectivity index (χ2v) is 5.18. The van der Waals surface area contributed by atoms with Crippen LogP contribution in [0.1, 0.15) is 51.5 Å². The van der Waals surface area contributed by atoms with Crippen LogP contribution in [0.4, 0.5) is 0 Å². The van der Waals surface area contributed by atoms with Crippen molar-refractivity contribution in [2.24, 2.45) is 5.92 Å². The van der Waals surface area contributed by atoms with Crippen LogP contribution in [0, 0.1) is 5.92 Å². The van der Waals surface area contributed by atoms with Crippen molar-refractivity contribution in [2.75, 3.05) is 7.11 Å². The lowest BCUT2D eigenvalue weighted by Crippen LogP contribution is -2.09. The van der Waals surface area contributed by atoms with Crippen molar-refractivity contribution in [1.29, 1.82) is 0 Å². The molecule has 1 rings (SSSR count). The topological polar surface area (TPSA) is 26.3 Å². The lowest BCUT2D eigenvalue weighted by Gasteiger charge is -2.07. The zero-order valence-electron chi connectivity index (χ0n) is 12.4. The number of benzene rings is 1. The predicted molar refractivity (Wildman–Crippen MR) is 79.6 cm³/mol. The molecule has 0 aliphatic heterocycles. The maximum absolute atomic E-state index is 11.7. The lowest BCUT2D eigenvalue weighted by molar-refractivity contribution is -0.122. The van der Waals surface area contributed by atoms with Gasteiger partial charge in [0.2, 0.25) is 0 Å². The van der Waals surface area contributed by atoms with Gasteiger partial charge in [0.05, 0.1) is 7.11 Å². The van der Waals surface area contributed by atoms with Crippen LogP contribution in [0.25, 0.3) is 0 Å². The molecule has 0 saturated heterocycles. The van der Waals surface area contributed by atoms with E-state index in [1.165, 1.54) is 5.56 Å². The molecule has 1 aromatic rings. The molecular formula is C17H26O2. The average Bonchev–Trinajstić information content (AvgIpc) is 2.46. The van der Waals surface area contributed by atoms with Crippen LogP contribution in [-0.2, 0) is 11.2 Å². The van der Waals surface area contributed by atoms with Crippen molar-refractivity contribution in [2.45, 2.75) is 52.4 Å². The van der Waals surface area contributed by atoms with Crippen LogP contribution in [-0.4, -0.2) is 12.9 Å². The van der Waals surface area contributed by atoms with Gasteiger partial charge in [-0.05, 0) is 43.4 Å². The molecule has 0 aliphatic carbocycles. The van der Waals surface area contributed by atoms with Gasteiger partial charge in [-0.2, -0.15) is 0 Å². The number of methoxy groups -OCH3 is 1. The number of carbonyl (C=O) groups excluding carboxylic acids is 1. The lowest BCUT2D eigenvalue weighted by atomic mass is 9.98. The summed E-state index contributed by atoms with van der Waals surface area (Å²) in [5.41, 5.74) is 1.34. The molecule has 0 aromatic heterocycles. The molecule has 0 bridgehead atoms. The van der Waals surface area contributed by atoms with Gasteiger partial charge in [0, 0.05) is 12.3 Å². The minimum absolute atomic E-state index is 0.238. The highest BCUT2D eigenvalue weighted by atomic mass is 16.5. The average molecular weight is 262 g/mol. The van der Waals surface area contributed by atoms with Crippen molar-refractivity contribution in [3.05, 3.63) is 29.8 Å². The molecule has 1 unspecified atom stereocenters. The number of rotatable bonds is 9. The SMILES string of the molecule is CCC(C)C(=O)CCCCCc1ccc(OC)cc1. The van der Waals surface area contributed by atoms with Gasteiger partial charge < -0.3 is 4.74 Å². The van der Waals surface area contributed by atoms with Crippen molar-refractivity contribution in [3.63, 3.8) is 0 Å². The second-order valence-electron chi connectivity index (χ2n) is 5.18. The Bertz CT molecular complexity index is 367. The Morgan fingerprint density at radius 1 is 1.16 bits per heavy atom. The first-order chi connectivity index (χ1) is 9.17. The summed E-state index contributed by atoms with van der Waals surface area (Å²) in [6, 6.07) is 8.23. The number of aryl methyl sites for hydroxylation is 1. The Labute approximate surface area is 117 Å². The van der Waals surface area contributed by atoms with E-state index in [1.807, 2.05) is 19.1 Å². The van der Waals surface area contributed by atoms with Crippen LogP contribution < -0.4 is 4.74 Å². The predicted octanol–water partition coefficient (Wildman–Crippen LogP) is 4.41. The molecule has 2 heteroatoms. The normalized spacial score (nSPS) is 12.2. The molecule has 0 amide bonds. The van der Waals surface area contributed by atoms with E-state index in [1.54, 1.807) is 7.11 Å². The van der Waals surface area contributed by atoms with Crippen LogP contribution in [0.5, 0.6) is 5.75 Å². The third-order valence-corrected chi connectivity index (χ3v) is 3.71. The smallest absolute Gasteiger partial charge is 0.135 e. The van der Waals surface area contributed by atoms with Crippen molar-refractivity contribution in [1.82, 2.24) is 0 Å². The summed E-state index contributed by atoms with van der Waals surface area (Å²) in [4.78, 5) is 11.7. The number of hydrogen-bond acceptors (Lipinski definition) is 2. The minimum Gasteiger partial charge on any atom is -0.497 e. The summed E-state index contributed by atoms with van der Waals surface area (Å²) in [6.45, 7) is 4.10. The number of unbranched alkanes of at least 4 members (excludes halogenated alkanes) is 2. The highest BCUT2D eigenvalue weighted by Crippen LogP contribution is 2.15. The molecule has 1 atom stereocenters. The van der Waals surface area contributed by atoms with Gasteiger partial charge in [0.25, 0.3) is 0 Å². The molecule has 19 heavy (non-hydrogen) atoms. The molecule has 0 heterocycles. The molecule has 2 nitrogen and oxygen atoms in total. The van der Waals surface area contributed by atoms with Gasteiger partial charge in [0.15, 0.2) is 0 Å². The van der Waals surface area contributed by atoms with Crippen LogP contribution in [0.15, 0.2) is 24.3 Å². The molecule has 0 aliphatic rings. The van der Waals surface area contributed by atoms with Crippen molar-refractivity contribution < 1.29 is 9.53 Å². The van der Waals surface area contributed by atoms with E-state index in [0.29, 0.717) is 5.78 Å². The van der Waals surface area contributed by atoms with E-state index >= 15 is 0 Å². The Morgan fingerprint density at radius 3 is 2.42 bits per heavy atom. The van der Waals surface area contributed by atoms with Crippen molar-refractivity contribution >= 4 is 5.78 Å². The van der Waals surface area contributed by atoms with Gasteiger partial charge in [-0.3, -0.25) is 4.79 Å². The highest BCUT2D eigenvalue weighted by Gasteiger charge is 2.09. The molecular weight excluding hydrogens is 236 g/mol. The maximum atomic E-state index is 11.7. The molecule has 0 saturated carbocycles. The largest absolute Gasteiger partial charge is 0.497 e. The third kappa shape index (κ3) is 5.91. The fourth-order valence-corrected chi connectivity index (χ4v) is 2.07. The Morgan fingerprint density at radius 2 is 1.84 bits per heavy atom. The van der Waals surface area contributed by atoms with Gasteiger partial charge in [-0.25, -0.2) is 0 Å². The molecule has 0 spiro atoms. The van der Waals surface area contributed by atoms with E-state index in [4.69, 9.17) is 4.74 Å². The number of ether oxygens (including phenoxy) is 1. The standard InChI is InChI=1S/C17H26O2/c1-4-14(2)17(18)9-7-5-6-8-15-10-12-16(19-3)13-11-15/h10-14H,4-9H2,1-3H3. The highest BCUT2D eigenvalue weighted by molar-refractivity contribution is 5.80. The van der Waals surface area contributed by atoms with Gasteiger partial charge in [0.1, 0.15) is 11.5 Å². The molecule has 106 valence electrons. The minimum atomic E-state index is 0.238. The Hall–Kier alpha value is -1.31. The summed E-state index contributed by atoms with van der Waals surface area (Å²) in [5, 5.41) is 0. The summed E-state index contributed by atoms with van der Waals surface area (Å²) in [6.07, 6.45) is 6.11. The molecule has 1 aromatic carbocycles. The Balaban J connectivity index is 2.15. The molecule has 0 radical (unpaired) electrons. The van der Waals surface area contributed by atoms with E-state index < -0.39 is 0 Å². The first kappa shape index (κ1) is 15.7. The first-order valence-corrected chi connectivity index (χ1v) is 7.33. The zero-order chi connectivity index (χ0) is 14.1. The number of ketones is 1. The number of Topliss-reactive ketones (excluding diaryl/α,β-unsaturated/α-hetero) is 1. The maximum Gasteiger partial charge on any atom is 0.135 e. The van der Waals surface area contributed by atoms with Gasteiger partial charge >= 0.3 is 0 Å². The summed E-state index contributed by atoms with van der Waals surface area (Å²) >= 11 is 0. The second kappa shape index (κ2) is 8.73. The van der Waals surface area contributed by atoms with Crippen LogP contribution in [0.2, 0.25) is 0 Å². The number of hydrogen-bond donors (Lipinski definition) is 0. The fraction of sp³-hybridized carbons (Fsp3) is 0.588. The van der Waals surface area contributed by atoms with Gasteiger partial charge in [-0.15, -0.1) is 0 Å². The van der Waals surface area contributed by atoms with E-state index in [2.05, 4.69) is 19.1 Å². The first-order valence-electron chi connectivity index (χ1n) is 7.33. The van der Waals surface area contributed by atoms with E-state index in [-0.39, 0.29) is 5.92 Å². The summed E-state index contributed by atoms with van der Waals surface area (Å²) in [7, 11) is 1.68. The van der Waals surface area contributed by atoms with Crippen LogP contribution in [0.3, 0.4) is 0 Å². The fourth-order valence-electron chi connectivity index (χ4n) is 2.07. The molecule has 0 fully saturated rings. The summed E-state index contributed by atoms with van der Waals surface area (Å²) < 4.78 is 5.13. The quantitative estimate of drug-likeness (QED) is 0.616. The van der Waals surface area contributed by atoms with E-state index in [0.717, 1.165) is 44.3 Å².